The minimum Gasteiger partial charge on any atom is -0.368 e. The molecular formula is C20H21N3O3. The van der Waals surface area contributed by atoms with Crippen LogP contribution in [0.15, 0.2) is 54.6 Å². The number of benzene rings is 2. The summed E-state index contributed by atoms with van der Waals surface area (Å²) in [7, 11) is 0. The predicted molar refractivity (Wildman–Crippen MR) is 102 cm³/mol. The van der Waals surface area contributed by atoms with Crippen molar-refractivity contribution in [1.29, 1.82) is 0 Å². The number of carbonyl (C=O) groups is 1. The van der Waals surface area contributed by atoms with Crippen LogP contribution in [0.4, 0.5) is 11.4 Å². The van der Waals surface area contributed by atoms with Gasteiger partial charge in [-0.25, -0.2) is 0 Å². The molecule has 0 aromatic heterocycles. The molecule has 3 rings (SSSR count). The van der Waals surface area contributed by atoms with Gasteiger partial charge in [0.05, 0.1) is 4.92 Å². The molecule has 0 atom stereocenters. The molecule has 0 aliphatic carbocycles. The lowest BCUT2D eigenvalue weighted by molar-refractivity contribution is -0.384. The van der Waals surface area contributed by atoms with E-state index >= 15 is 0 Å². The molecule has 1 aliphatic heterocycles. The molecule has 0 bridgehead atoms. The number of hydrogen-bond donors (Lipinski definition) is 0. The molecule has 0 saturated carbocycles. The third-order valence-electron chi connectivity index (χ3n) is 4.48. The zero-order chi connectivity index (χ0) is 18.5. The lowest BCUT2D eigenvalue weighted by atomic mass is 10.1. The minimum atomic E-state index is -0.438. The van der Waals surface area contributed by atoms with Gasteiger partial charge in [-0.2, -0.15) is 0 Å². The number of non-ortho nitro benzene ring substituents is 1. The van der Waals surface area contributed by atoms with Crippen molar-refractivity contribution in [3.8, 4) is 0 Å². The van der Waals surface area contributed by atoms with Crippen molar-refractivity contribution in [2.45, 2.75) is 6.92 Å². The lowest BCUT2D eigenvalue weighted by Crippen LogP contribution is -2.48. The van der Waals surface area contributed by atoms with E-state index in [1.165, 1.54) is 29.5 Å². The lowest BCUT2D eigenvalue weighted by Gasteiger charge is -2.35. The summed E-state index contributed by atoms with van der Waals surface area (Å²) in [5.41, 5.74) is 3.23. The Labute approximate surface area is 152 Å². The van der Waals surface area contributed by atoms with Crippen molar-refractivity contribution in [3.63, 3.8) is 0 Å². The van der Waals surface area contributed by atoms with Gasteiger partial charge in [0.2, 0.25) is 5.91 Å². The summed E-state index contributed by atoms with van der Waals surface area (Å²) in [6, 6.07) is 14.5. The van der Waals surface area contributed by atoms with Crippen LogP contribution in [0.25, 0.3) is 6.08 Å². The Bertz CT molecular complexity index is 822. The monoisotopic (exact) mass is 351 g/mol. The highest BCUT2D eigenvalue weighted by Gasteiger charge is 2.19. The topological polar surface area (TPSA) is 66.7 Å². The van der Waals surface area contributed by atoms with Gasteiger partial charge in [-0.1, -0.05) is 12.1 Å². The van der Waals surface area contributed by atoms with E-state index in [4.69, 9.17) is 0 Å². The number of hydrogen-bond acceptors (Lipinski definition) is 4. The van der Waals surface area contributed by atoms with E-state index in [-0.39, 0.29) is 11.6 Å². The average molecular weight is 351 g/mol. The number of rotatable bonds is 4. The fourth-order valence-corrected chi connectivity index (χ4v) is 2.99. The number of amides is 1. The second-order valence-corrected chi connectivity index (χ2v) is 6.33. The highest BCUT2D eigenvalue weighted by molar-refractivity contribution is 5.92. The molecule has 1 amide bonds. The van der Waals surface area contributed by atoms with Gasteiger partial charge in [-0.3, -0.25) is 14.9 Å². The maximum atomic E-state index is 12.4. The molecule has 1 fully saturated rings. The molecule has 2 aromatic carbocycles. The normalized spacial score (nSPS) is 14.7. The molecule has 1 heterocycles. The van der Waals surface area contributed by atoms with Crippen LogP contribution in [0.5, 0.6) is 0 Å². The van der Waals surface area contributed by atoms with Crippen molar-refractivity contribution in [3.05, 3.63) is 75.8 Å². The smallest absolute Gasteiger partial charge is 0.269 e. The molecule has 0 unspecified atom stereocenters. The Balaban J connectivity index is 1.55. The number of carbonyl (C=O) groups excluding carboxylic acids is 1. The molecule has 0 radical (unpaired) electrons. The Morgan fingerprint density at radius 3 is 2.38 bits per heavy atom. The van der Waals surface area contributed by atoms with Gasteiger partial charge in [0.1, 0.15) is 0 Å². The highest BCUT2D eigenvalue weighted by Crippen LogP contribution is 2.18. The van der Waals surface area contributed by atoms with Gasteiger partial charge in [-0.05, 0) is 48.4 Å². The molecule has 2 aromatic rings. The van der Waals surface area contributed by atoms with Crippen LogP contribution in [0.3, 0.4) is 0 Å². The molecule has 26 heavy (non-hydrogen) atoms. The first kappa shape index (κ1) is 17.7. The first-order valence-electron chi connectivity index (χ1n) is 8.56. The van der Waals surface area contributed by atoms with Gasteiger partial charge in [0.15, 0.2) is 0 Å². The number of anilines is 1. The zero-order valence-corrected chi connectivity index (χ0v) is 14.7. The first-order valence-corrected chi connectivity index (χ1v) is 8.56. The predicted octanol–water partition coefficient (Wildman–Crippen LogP) is 3.27. The first-order chi connectivity index (χ1) is 12.5. The molecule has 134 valence electrons. The van der Waals surface area contributed by atoms with E-state index in [2.05, 4.69) is 36.1 Å². The Hall–Kier alpha value is -3.15. The summed E-state index contributed by atoms with van der Waals surface area (Å²) in [5.74, 6) is -0.0350. The Kier molecular flexibility index (Phi) is 5.31. The summed E-state index contributed by atoms with van der Waals surface area (Å²) < 4.78 is 0. The molecule has 0 spiro atoms. The van der Waals surface area contributed by atoms with Crippen molar-refractivity contribution >= 4 is 23.4 Å². The molecule has 6 heteroatoms. The second kappa shape index (κ2) is 7.82. The van der Waals surface area contributed by atoms with Crippen LogP contribution in [0.1, 0.15) is 11.1 Å². The number of nitro groups is 1. The van der Waals surface area contributed by atoms with E-state index in [0.717, 1.165) is 18.7 Å². The van der Waals surface area contributed by atoms with E-state index in [1.807, 2.05) is 4.90 Å². The summed E-state index contributed by atoms with van der Waals surface area (Å²) >= 11 is 0. The minimum absolute atomic E-state index is 0.0350. The number of piperazine rings is 1. The van der Waals surface area contributed by atoms with Crippen LogP contribution in [-0.4, -0.2) is 41.9 Å². The fraction of sp³-hybridized carbons (Fsp3) is 0.250. The third kappa shape index (κ3) is 4.27. The standard InChI is InChI=1S/C20H21N3O3/c1-16-3-2-4-19(15-16)21-11-13-22(14-12-21)20(24)10-7-17-5-8-18(9-6-17)23(25)26/h2-10,15H,11-14H2,1H3/b10-7+. The largest absolute Gasteiger partial charge is 0.368 e. The number of nitrogens with zero attached hydrogens (tertiary/aromatic N) is 3. The Morgan fingerprint density at radius 1 is 1.08 bits per heavy atom. The SMILES string of the molecule is Cc1cccc(N2CCN(C(=O)/C=C/c3ccc([N+](=O)[O-])cc3)CC2)c1. The average Bonchev–Trinajstić information content (AvgIpc) is 2.66. The second-order valence-electron chi connectivity index (χ2n) is 6.33. The summed E-state index contributed by atoms with van der Waals surface area (Å²) in [5, 5.41) is 10.7. The van der Waals surface area contributed by atoms with Crippen LogP contribution in [0.2, 0.25) is 0 Å². The van der Waals surface area contributed by atoms with E-state index in [0.29, 0.717) is 13.1 Å². The van der Waals surface area contributed by atoms with E-state index in [9.17, 15) is 14.9 Å². The summed E-state index contributed by atoms with van der Waals surface area (Å²) in [4.78, 5) is 26.7. The van der Waals surface area contributed by atoms with E-state index < -0.39 is 4.92 Å². The van der Waals surface area contributed by atoms with Crippen molar-refractivity contribution in [2.24, 2.45) is 0 Å². The van der Waals surface area contributed by atoms with Crippen molar-refractivity contribution < 1.29 is 9.72 Å². The van der Waals surface area contributed by atoms with E-state index in [1.54, 1.807) is 18.2 Å². The Morgan fingerprint density at radius 2 is 1.77 bits per heavy atom. The van der Waals surface area contributed by atoms with Crippen LogP contribution in [-0.2, 0) is 4.79 Å². The zero-order valence-electron chi connectivity index (χ0n) is 14.7. The summed E-state index contributed by atoms with van der Waals surface area (Å²) in [6.07, 6.45) is 3.22. The molecule has 1 saturated heterocycles. The molecule has 0 N–H and O–H groups in total. The fourth-order valence-electron chi connectivity index (χ4n) is 2.99. The van der Waals surface area contributed by atoms with Crippen molar-refractivity contribution in [2.75, 3.05) is 31.1 Å². The number of aryl methyl sites for hydroxylation is 1. The van der Waals surface area contributed by atoms with Crippen molar-refractivity contribution in [1.82, 2.24) is 4.90 Å². The summed E-state index contributed by atoms with van der Waals surface area (Å²) in [6.45, 7) is 5.04. The maximum Gasteiger partial charge on any atom is 0.269 e. The van der Waals surface area contributed by atoms with Gasteiger partial charge in [-0.15, -0.1) is 0 Å². The molecule has 6 nitrogen and oxygen atoms in total. The third-order valence-corrected chi connectivity index (χ3v) is 4.48. The number of nitro benzene ring substituents is 1. The van der Waals surface area contributed by atoms with Gasteiger partial charge in [0.25, 0.3) is 5.69 Å². The maximum absolute atomic E-state index is 12.4. The molecular weight excluding hydrogens is 330 g/mol. The van der Waals surface area contributed by atoms with Crippen LogP contribution in [0, 0.1) is 17.0 Å². The molecule has 1 aliphatic rings. The van der Waals surface area contributed by atoms with Gasteiger partial charge < -0.3 is 9.80 Å². The highest BCUT2D eigenvalue weighted by atomic mass is 16.6. The van der Waals surface area contributed by atoms with Gasteiger partial charge >= 0.3 is 0 Å². The van der Waals surface area contributed by atoms with Crippen LogP contribution >= 0.6 is 0 Å². The van der Waals surface area contributed by atoms with Crippen LogP contribution < -0.4 is 4.90 Å². The quantitative estimate of drug-likeness (QED) is 0.482. The van der Waals surface area contributed by atoms with Gasteiger partial charge in [0, 0.05) is 50.1 Å².